The van der Waals surface area contributed by atoms with E-state index >= 15 is 0 Å². The zero-order valence-corrected chi connectivity index (χ0v) is 18.5. The topological polar surface area (TPSA) is 90.3 Å². The van der Waals surface area contributed by atoms with E-state index in [0.29, 0.717) is 17.5 Å². The number of aromatic nitrogens is 3. The fraction of sp³-hybridized carbons (Fsp3) is 0.318. The second-order valence-corrected chi connectivity index (χ2v) is 8.06. The molecular formula is C22H25N5O3S. The van der Waals surface area contributed by atoms with Gasteiger partial charge in [0.15, 0.2) is 5.82 Å². The summed E-state index contributed by atoms with van der Waals surface area (Å²) in [5, 5.41) is 11.7. The van der Waals surface area contributed by atoms with Crippen molar-refractivity contribution >= 4 is 23.4 Å². The van der Waals surface area contributed by atoms with Crippen molar-refractivity contribution in [1.29, 1.82) is 0 Å². The molecule has 2 heterocycles. The highest BCUT2D eigenvalue weighted by molar-refractivity contribution is 8.00. The van der Waals surface area contributed by atoms with Gasteiger partial charge < -0.3 is 20.2 Å². The lowest BCUT2D eigenvalue weighted by Crippen LogP contribution is -2.41. The molecular weight excluding hydrogens is 414 g/mol. The normalized spacial score (nSPS) is 17.4. The lowest BCUT2D eigenvalue weighted by molar-refractivity contribution is -0.116. The average Bonchev–Trinajstić information content (AvgIpc) is 3.21. The lowest BCUT2D eigenvalue weighted by Gasteiger charge is -2.33. The molecule has 3 aromatic rings. The summed E-state index contributed by atoms with van der Waals surface area (Å²) in [5.74, 6) is 2.24. The third-order valence-corrected chi connectivity index (χ3v) is 6.20. The van der Waals surface area contributed by atoms with Crippen LogP contribution in [0.3, 0.4) is 0 Å². The SMILES string of the molecule is CCOc1ccc([C@@H]2Nn3c(CC)nnc3S[C@H]2C(=O)Nc2ccc(OC)cc2)cc1. The smallest absolute Gasteiger partial charge is 0.240 e. The molecule has 0 fully saturated rings. The van der Waals surface area contributed by atoms with Gasteiger partial charge in [-0.1, -0.05) is 30.8 Å². The molecule has 1 amide bonds. The van der Waals surface area contributed by atoms with Crippen LogP contribution in [-0.4, -0.2) is 39.7 Å². The third kappa shape index (κ3) is 4.46. The molecule has 0 unspecified atom stereocenters. The maximum absolute atomic E-state index is 13.3. The molecule has 4 rings (SSSR count). The minimum atomic E-state index is -0.443. The van der Waals surface area contributed by atoms with E-state index < -0.39 is 5.25 Å². The Morgan fingerprint density at radius 2 is 1.81 bits per heavy atom. The summed E-state index contributed by atoms with van der Waals surface area (Å²) in [5.41, 5.74) is 5.13. The van der Waals surface area contributed by atoms with E-state index in [1.807, 2.05) is 67.1 Å². The Bertz CT molecular complexity index is 1040. The summed E-state index contributed by atoms with van der Waals surface area (Å²) >= 11 is 1.40. The molecule has 1 aromatic heterocycles. The van der Waals surface area contributed by atoms with Crippen LogP contribution in [0.15, 0.2) is 53.7 Å². The first-order valence-corrected chi connectivity index (χ1v) is 11.1. The van der Waals surface area contributed by atoms with Gasteiger partial charge in [-0.2, -0.15) is 0 Å². The minimum absolute atomic E-state index is 0.117. The van der Waals surface area contributed by atoms with Gasteiger partial charge in [0.05, 0.1) is 19.8 Å². The van der Waals surface area contributed by atoms with Crippen LogP contribution in [0.2, 0.25) is 0 Å². The zero-order valence-electron chi connectivity index (χ0n) is 17.7. The highest BCUT2D eigenvalue weighted by Crippen LogP contribution is 2.38. The first kappa shape index (κ1) is 21.0. The number of methoxy groups -OCH3 is 1. The number of hydrogen-bond donors (Lipinski definition) is 2. The first-order chi connectivity index (χ1) is 15.1. The largest absolute Gasteiger partial charge is 0.497 e. The lowest BCUT2D eigenvalue weighted by atomic mass is 10.0. The van der Waals surface area contributed by atoms with Crippen molar-refractivity contribution in [1.82, 2.24) is 14.9 Å². The molecule has 0 aliphatic carbocycles. The Hall–Kier alpha value is -3.20. The van der Waals surface area contributed by atoms with Gasteiger partial charge in [-0.05, 0) is 48.9 Å². The maximum atomic E-state index is 13.3. The number of anilines is 1. The third-order valence-electron chi connectivity index (χ3n) is 4.99. The number of nitrogens with one attached hydrogen (secondary N) is 2. The number of fused-ring (bicyclic) bond motifs is 1. The van der Waals surface area contributed by atoms with Crippen molar-refractivity contribution in [2.75, 3.05) is 24.5 Å². The number of carbonyl (C=O) groups is 1. The van der Waals surface area contributed by atoms with E-state index in [-0.39, 0.29) is 11.9 Å². The van der Waals surface area contributed by atoms with Crippen molar-refractivity contribution in [3.8, 4) is 11.5 Å². The Morgan fingerprint density at radius 3 is 2.45 bits per heavy atom. The second kappa shape index (κ2) is 9.30. The maximum Gasteiger partial charge on any atom is 0.240 e. The molecule has 2 N–H and O–H groups in total. The molecule has 0 bridgehead atoms. The zero-order chi connectivity index (χ0) is 21.8. The number of rotatable bonds is 7. The molecule has 2 aromatic carbocycles. The number of nitrogens with zero attached hydrogens (tertiary/aromatic N) is 3. The van der Waals surface area contributed by atoms with Gasteiger partial charge >= 0.3 is 0 Å². The van der Waals surface area contributed by atoms with Gasteiger partial charge in [0.1, 0.15) is 16.7 Å². The summed E-state index contributed by atoms with van der Waals surface area (Å²) < 4.78 is 12.6. The molecule has 0 saturated carbocycles. The number of benzene rings is 2. The van der Waals surface area contributed by atoms with Gasteiger partial charge in [-0.15, -0.1) is 10.2 Å². The van der Waals surface area contributed by atoms with Gasteiger partial charge in [-0.25, -0.2) is 4.68 Å². The summed E-state index contributed by atoms with van der Waals surface area (Å²) in [6.07, 6.45) is 0.735. The molecule has 0 saturated heterocycles. The Morgan fingerprint density at radius 1 is 1.10 bits per heavy atom. The molecule has 31 heavy (non-hydrogen) atoms. The van der Waals surface area contributed by atoms with Crippen LogP contribution in [-0.2, 0) is 11.2 Å². The molecule has 162 valence electrons. The van der Waals surface area contributed by atoms with Crippen LogP contribution in [0.4, 0.5) is 5.69 Å². The summed E-state index contributed by atoms with van der Waals surface area (Å²) in [4.78, 5) is 13.3. The van der Waals surface area contributed by atoms with E-state index in [2.05, 4.69) is 20.9 Å². The van der Waals surface area contributed by atoms with Crippen LogP contribution in [0, 0.1) is 0 Å². The predicted octanol–water partition coefficient (Wildman–Crippen LogP) is 3.65. The number of thioether (sulfide) groups is 1. The van der Waals surface area contributed by atoms with Crippen LogP contribution in [0.5, 0.6) is 11.5 Å². The molecule has 1 aliphatic heterocycles. The van der Waals surface area contributed by atoms with Crippen LogP contribution < -0.4 is 20.2 Å². The van der Waals surface area contributed by atoms with E-state index in [1.54, 1.807) is 7.11 Å². The number of aryl methyl sites for hydroxylation is 1. The Balaban J connectivity index is 1.62. The summed E-state index contributed by atoms with van der Waals surface area (Å²) in [6, 6.07) is 14.8. The number of carbonyl (C=O) groups excluding carboxylic acids is 1. The number of amides is 1. The van der Waals surface area contributed by atoms with Crippen molar-refractivity contribution in [3.63, 3.8) is 0 Å². The highest BCUT2D eigenvalue weighted by atomic mass is 32.2. The van der Waals surface area contributed by atoms with Crippen molar-refractivity contribution < 1.29 is 14.3 Å². The highest BCUT2D eigenvalue weighted by Gasteiger charge is 2.37. The van der Waals surface area contributed by atoms with E-state index in [0.717, 1.165) is 29.3 Å². The van der Waals surface area contributed by atoms with Crippen LogP contribution in [0.1, 0.15) is 31.3 Å². The summed E-state index contributed by atoms with van der Waals surface area (Å²) in [6.45, 7) is 4.58. The minimum Gasteiger partial charge on any atom is -0.497 e. The molecule has 9 heteroatoms. The van der Waals surface area contributed by atoms with Gasteiger partial charge in [-0.3, -0.25) is 4.79 Å². The van der Waals surface area contributed by atoms with Gasteiger partial charge in [0.25, 0.3) is 0 Å². The van der Waals surface area contributed by atoms with Gasteiger partial charge in [0, 0.05) is 12.1 Å². The fourth-order valence-electron chi connectivity index (χ4n) is 3.40. The monoisotopic (exact) mass is 439 g/mol. The molecule has 0 spiro atoms. The van der Waals surface area contributed by atoms with E-state index in [4.69, 9.17) is 9.47 Å². The Labute approximate surface area is 185 Å². The molecule has 2 atom stereocenters. The van der Waals surface area contributed by atoms with Crippen LogP contribution >= 0.6 is 11.8 Å². The van der Waals surface area contributed by atoms with Crippen molar-refractivity contribution in [3.05, 3.63) is 59.9 Å². The molecule has 8 nitrogen and oxygen atoms in total. The van der Waals surface area contributed by atoms with E-state index in [9.17, 15) is 4.79 Å². The average molecular weight is 440 g/mol. The second-order valence-electron chi connectivity index (χ2n) is 6.95. The number of ether oxygens (including phenoxy) is 2. The standard InChI is InChI=1S/C22H25N5O3S/c1-4-18-24-25-22-27(18)26-19(14-6-10-17(11-7-14)30-5-2)20(31-22)21(28)23-15-8-12-16(29-3)13-9-15/h6-13,19-20,26H,4-5H2,1-3H3,(H,23,28)/t19-,20+/m0/s1. The molecule has 1 aliphatic rings. The number of hydrogen-bond acceptors (Lipinski definition) is 7. The fourth-order valence-corrected chi connectivity index (χ4v) is 4.50. The summed E-state index contributed by atoms with van der Waals surface area (Å²) in [7, 11) is 1.61. The van der Waals surface area contributed by atoms with Crippen molar-refractivity contribution in [2.24, 2.45) is 0 Å². The Kier molecular flexibility index (Phi) is 6.31. The van der Waals surface area contributed by atoms with Gasteiger partial charge in [0.2, 0.25) is 11.1 Å². The van der Waals surface area contributed by atoms with Crippen LogP contribution in [0.25, 0.3) is 0 Å². The van der Waals surface area contributed by atoms with Crippen molar-refractivity contribution in [2.45, 2.75) is 36.7 Å². The predicted molar refractivity (Wildman–Crippen MR) is 120 cm³/mol. The molecule has 0 radical (unpaired) electrons. The van der Waals surface area contributed by atoms with E-state index in [1.165, 1.54) is 11.8 Å². The first-order valence-electron chi connectivity index (χ1n) is 10.2. The quantitative estimate of drug-likeness (QED) is 0.581.